The zero-order chi connectivity index (χ0) is 25.3. The Hall–Kier alpha value is -3.59. The van der Waals surface area contributed by atoms with E-state index in [-0.39, 0.29) is 43.4 Å². The van der Waals surface area contributed by atoms with Crippen molar-refractivity contribution in [1.82, 2.24) is 15.5 Å². The first-order valence-electron chi connectivity index (χ1n) is 11.4. The summed E-state index contributed by atoms with van der Waals surface area (Å²) in [5, 5.41) is 5.64. The third kappa shape index (κ3) is 4.95. The minimum atomic E-state index is -0.660. The highest BCUT2D eigenvalue weighted by molar-refractivity contribution is 6.32. The number of anilines is 1. The first kappa shape index (κ1) is 24.5. The van der Waals surface area contributed by atoms with Crippen molar-refractivity contribution >= 4 is 41.0 Å². The van der Waals surface area contributed by atoms with Crippen LogP contribution in [-0.4, -0.2) is 47.8 Å². The summed E-state index contributed by atoms with van der Waals surface area (Å²) < 4.78 is 5.19. The Morgan fingerprint density at radius 3 is 2.66 bits per heavy atom. The molecule has 2 aromatic carbocycles. The number of methoxy groups -OCH3 is 1. The minimum Gasteiger partial charge on any atom is -0.495 e. The maximum Gasteiger partial charge on any atom is 0.322 e. The average Bonchev–Trinajstić information content (AvgIpc) is 3.13. The van der Waals surface area contributed by atoms with Gasteiger partial charge in [0.25, 0.3) is 5.91 Å². The van der Waals surface area contributed by atoms with E-state index in [0.717, 1.165) is 11.1 Å². The fourth-order valence-electron chi connectivity index (χ4n) is 4.46. The summed E-state index contributed by atoms with van der Waals surface area (Å²) in [6, 6.07) is 9.46. The van der Waals surface area contributed by atoms with Crippen molar-refractivity contribution in [3.8, 4) is 5.75 Å². The molecule has 10 heteroatoms. The number of amides is 5. The molecule has 184 valence electrons. The molecule has 35 heavy (non-hydrogen) atoms. The number of hydrogen-bond donors (Lipinski definition) is 2. The monoisotopic (exact) mass is 498 g/mol. The largest absolute Gasteiger partial charge is 0.495 e. The van der Waals surface area contributed by atoms with Crippen molar-refractivity contribution in [2.45, 2.75) is 51.9 Å². The van der Waals surface area contributed by atoms with E-state index in [9.17, 15) is 19.2 Å². The fraction of sp³-hybridized carbons (Fsp3) is 0.360. The number of hydrogen-bond acceptors (Lipinski definition) is 5. The van der Waals surface area contributed by atoms with Crippen LogP contribution in [0, 0.1) is 0 Å². The number of imide groups is 1. The van der Waals surface area contributed by atoms with Crippen molar-refractivity contribution < 1.29 is 23.9 Å². The lowest BCUT2D eigenvalue weighted by atomic mass is 10.0. The zero-order valence-corrected chi connectivity index (χ0v) is 20.5. The summed E-state index contributed by atoms with van der Waals surface area (Å²) in [7, 11) is 1.53. The third-order valence-electron chi connectivity index (χ3n) is 6.18. The Bertz CT molecular complexity index is 1200. The van der Waals surface area contributed by atoms with Gasteiger partial charge in [-0.3, -0.25) is 24.6 Å². The molecule has 5 amide bonds. The quantitative estimate of drug-likeness (QED) is 0.594. The second-order valence-corrected chi connectivity index (χ2v) is 9.24. The smallest absolute Gasteiger partial charge is 0.322 e. The molecular formula is C25H27ClN4O5. The highest BCUT2D eigenvalue weighted by atomic mass is 35.5. The average molecular weight is 499 g/mol. The van der Waals surface area contributed by atoms with E-state index in [1.54, 1.807) is 35.2 Å². The molecule has 4 rings (SSSR count). The standard InChI is InChI=1S/C25H27ClN4O5/c1-14(2)30(17-5-8-21(35-3)19(26)11-17)25(34)27-12-15-4-6-18-16(10-15)13-29(24(18)33)20-7-9-22(31)28-23(20)32/h4-6,8,10-11,14,20H,7,9,12-13H2,1-3H3,(H,27,34)(H,28,31,32). The summed E-state index contributed by atoms with van der Waals surface area (Å²) in [5.74, 6) is -0.464. The van der Waals surface area contributed by atoms with Crippen LogP contribution in [-0.2, 0) is 22.7 Å². The molecule has 0 aromatic heterocycles. The van der Waals surface area contributed by atoms with Crippen LogP contribution in [0.1, 0.15) is 48.2 Å². The summed E-state index contributed by atoms with van der Waals surface area (Å²) in [6.45, 7) is 4.35. The number of carbonyl (C=O) groups is 4. The van der Waals surface area contributed by atoms with Gasteiger partial charge < -0.3 is 15.0 Å². The van der Waals surface area contributed by atoms with Gasteiger partial charge in [0.2, 0.25) is 11.8 Å². The number of nitrogens with zero attached hydrogens (tertiary/aromatic N) is 2. The van der Waals surface area contributed by atoms with Crippen molar-refractivity contribution in [2.24, 2.45) is 0 Å². The van der Waals surface area contributed by atoms with Crippen molar-refractivity contribution in [2.75, 3.05) is 12.0 Å². The maximum atomic E-state index is 13.0. The van der Waals surface area contributed by atoms with Crippen LogP contribution in [0.2, 0.25) is 5.02 Å². The number of benzene rings is 2. The van der Waals surface area contributed by atoms with Gasteiger partial charge in [0, 0.05) is 36.8 Å². The lowest BCUT2D eigenvalue weighted by Gasteiger charge is -2.29. The zero-order valence-electron chi connectivity index (χ0n) is 19.8. The van der Waals surface area contributed by atoms with E-state index >= 15 is 0 Å². The van der Waals surface area contributed by atoms with Gasteiger partial charge in [-0.2, -0.15) is 0 Å². The SMILES string of the molecule is COc1ccc(N(C(=O)NCc2ccc3c(c2)CN(C2CCC(=O)NC2=O)C3=O)C(C)C)cc1Cl. The molecule has 0 radical (unpaired) electrons. The molecule has 9 nitrogen and oxygen atoms in total. The Kier molecular flexibility index (Phi) is 6.98. The maximum absolute atomic E-state index is 13.0. The van der Waals surface area contributed by atoms with Crippen LogP contribution in [0.5, 0.6) is 5.75 Å². The topological polar surface area (TPSA) is 108 Å². The molecule has 2 aromatic rings. The molecule has 0 bridgehead atoms. The second kappa shape index (κ2) is 9.95. The van der Waals surface area contributed by atoms with Gasteiger partial charge in [0.05, 0.1) is 12.1 Å². The molecule has 2 heterocycles. The summed E-state index contributed by atoms with van der Waals surface area (Å²) in [5.41, 5.74) is 2.78. The molecule has 0 spiro atoms. The van der Waals surface area contributed by atoms with Gasteiger partial charge in [0.1, 0.15) is 11.8 Å². The second-order valence-electron chi connectivity index (χ2n) is 8.83. The Morgan fingerprint density at radius 2 is 2.00 bits per heavy atom. The van der Waals surface area contributed by atoms with Crippen LogP contribution >= 0.6 is 11.6 Å². The number of carbonyl (C=O) groups excluding carboxylic acids is 4. The van der Waals surface area contributed by atoms with Crippen molar-refractivity contribution in [3.63, 3.8) is 0 Å². The van der Waals surface area contributed by atoms with Gasteiger partial charge in [-0.05, 0) is 55.7 Å². The number of rotatable bonds is 6. The molecule has 0 aliphatic carbocycles. The number of halogens is 1. The number of nitrogens with one attached hydrogen (secondary N) is 2. The normalized spacial score (nSPS) is 17.3. The lowest BCUT2D eigenvalue weighted by Crippen LogP contribution is -2.52. The number of piperidine rings is 1. The van der Waals surface area contributed by atoms with Crippen LogP contribution < -0.4 is 20.3 Å². The van der Waals surface area contributed by atoms with Crippen LogP contribution in [0.4, 0.5) is 10.5 Å². The predicted molar refractivity (Wildman–Crippen MR) is 130 cm³/mol. The van der Waals surface area contributed by atoms with E-state index < -0.39 is 11.9 Å². The Morgan fingerprint density at radius 1 is 1.23 bits per heavy atom. The molecule has 2 aliphatic rings. The number of ether oxygens (including phenoxy) is 1. The molecule has 1 unspecified atom stereocenters. The van der Waals surface area contributed by atoms with Gasteiger partial charge >= 0.3 is 6.03 Å². The van der Waals surface area contributed by atoms with Gasteiger partial charge in [0.15, 0.2) is 0 Å². The van der Waals surface area contributed by atoms with Crippen molar-refractivity contribution in [1.29, 1.82) is 0 Å². The summed E-state index contributed by atoms with van der Waals surface area (Å²) in [6.07, 6.45) is 0.521. The molecular weight excluding hydrogens is 472 g/mol. The number of urea groups is 1. The van der Waals surface area contributed by atoms with Gasteiger partial charge in [-0.1, -0.05) is 23.7 Å². The highest BCUT2D eigenvalue weighted by Gasteiger charge is 2.39. The van der Waals surface area contributed by atoms with Crippen LogP contribution in [0.15, 0.2) is 36.4 Å². The highest BCUT2D eigenvalue weighted by Crippen LogP contribution is 2.31. The predicted octanol–water partition coefficient (Wildman–Crippen LogP) is 3.23. The molecule has 1 saturated heterocycles. The summed E-state index contributed by atoms with van der Waals surface area (Å²) >= 11 is 6.25. The van der Waals surface area contributed by atoms with Crippen LogP contribution in [0.3, 0.4) is 0 Å². The van der Waals surface area contributed by atoms with Crippen LogP contribution in [0.25, 0.3) is 0 Å². The van der Waals surface area contributed by atoms with Gasteiger partial charge in [-0.15, -0.1) is 0 Å². The van der Waals surface area contributed by atoms with Crippen molar-refractivity contribution in [3.05, 3.63) is 58.1 Å². The van der Waals surface area contributed by atoms with E-state index in [4.69, 9.17) is 16.3 Å². The lowest BCUT2D eigenvalue weighted by molar-refractivity contribution is -0.136. The first-order valence-corrected chi connectivity index (χ1v) is 11.7. The first-order chi connectivity index (χ1) is 16.7. The Labute approximate surface area is 208 Å². The molecule has 2 N–H and O–H groups in total. The summed E-state index contributed by atoms with van der Waals surface area (Å²) in [4.78, 5) is 52.7. The molecule has 1 atom stereocenters. The molecule has 0 saturated carbocycles. The van der Waals surface area contributed by atoms with E-state index in [0.29, 0.717) is 28.4 Å². The van der Waals surface area contributed by atoms with E-state index in [1.807, 2.05) is 19.9 Å². The molecule has 1 fully saturated rings. The third-order valence-corrected chi connectivity index (χ3v) is 6.48. The molecule has 2 aliphatic heterocycles. The number of fused-ring (bicyclic) bond motifs is 1. The van der Waals surface area contributed by atoms with Gasteiger partial charge in [-0.25, -0.2) is 4.79 Å². The van der Waals surface area contributed by atoms with E-state index in [1.165, 1.54) is 12.0 Å². The Balaban J connectivity index is 1.44. The van der Waals surface area contributed by atoms with E-state index in [2.05, 4.69) is 10.6 Å². The fourth-order valence-corrected chi connectivity index (χ4v) is 4.71. The minimum absolute atomic E-state index is 0.126.